The van der Waals surface area contributed by atoms with E-state index in [0.29, 0.717) is 41.4 Å². The van der Waals surface area contributed by atoms with Crippen LogP contribution in [0, 0.1) is 6.92 Å². The summed E-state index contributed by atoms with van der Waals surface area (Å²) >= 11 is 7.28. The first-order valence-electron chi connectivity index (χ1n) is 14.6. The zero-order valence-corrected chi connectivity index (χ0v) is 28.4. The van der Waals surface area contributed by atoms with E-state index in [1.54, 1.807) is 12.3 Å². The lowest BCUT2D eigenvalue weighted by molar-refractivity contribution is 0.174. The quantitative estimate of drug-likeness (QED) is 0.141. The van der Waals surface area contributed by atoms with Gasteiger partial charge in [0.2, 0.25) is 6.79 Å². The smallest absolute Gasteiger partial charge is 0.282 e. The third kappa shape index (κ3) is 6.35. The van der Waals surface area contributed by atoms with Crippen LogP contribution in [0.25, 0.3) is 22.3 Å². The van der Waals surface area contributed by atoms with Gasteiger partial charge >= 0.3 is 0 Å². The van der Waals surface area contributed by atoms with Crippen LogP contribution in [0.2, 0.25) is 0 Å². The lowest BCUT2D eigenvalue weighted by Gasteiger charge is -2.18. The molecule has 10 heteroatoms. The van der Waals surface area contributed by atoms with Crippen LogP contribution >= 0.6 is 31.9 Å². The predicted octanol–water partition coefficient (Wildman–Crippen LogP) is 8.61. The lowest BCUT2D eigenvalue weighted by atomic mass is 9.96. The van der Waals surface area contributed by atoms with Crippen LogP contribution in [0.3, 0.4) is 0 Å². The van der Waals surface area contributed by atoms with Crippen molar-refractivity contribution in [3.05, 3.63) is 108 Å². The lowest BCUT2D eigenvalue weighted by Crippen LogP contribution is -2.21. The minimum atomic E-state index is -0.256. The molecular formula is C35H31Br2N3O5. The predicted molar refractivity (Wildman–Crippen MR) is 183 cm³/mol. The number of fused-ring (bicyclic) bond motifs is 2. The molecule has 8 nitrogen and oxygen atoms in total. The number of para-hydroxylation sites is 1. The summed E-state index contributed by atoms with van der Waals surface area (Å²) in [5, 5.41) is 5.18. The molecule has 4 aromatic carbocycles. The van der Waals surface area contributed by atoms with Crippen LogP contribution in [0.4, 0.5) is 0 Å². The molecule has 2 heterocycles. The molecule has 0 fully saturated rings. The number of rotatable bonds is 9. The third-order valence-corrected chi connectivity index (χ3v) is 8.61. The monoisotopic (exact) mass is 731 g/mol. The minimum Gasteiger partial charge on any atom is -0.494 e. The second-order valence-corrected chi connectivity index (χ2v) is 12.6. The molecule has 230 valence electrons. The molecule has 0 amide bonds. The number of ether oxygens (including phenoxy) is 4. The Labute approximate surface area is 277 Å². The summed E-state index contributed by atoms with van der Waals surface area (Å²) < 4.78 is 25.8. The van der Waals surface area contributed by atoms with Gasteiger partial charge in [0.25, 0.3) is 5.56 Å². The van der Waals surface area contributed by atoms with Crippen molar-refractivity contribution in [3.8, 4) is 34.4 Å². The number of halogens is 2. The minimum absolute atomic E-state index is 0.204. The van der Waals surface area contributed by atoms with Gasteiger partial charge in [0.15, 0.2) is 17.3 Å². The maximum atomic E-state index is 13.9. The standard InChI is InChI=1S/C35H31Br2N3O5/c1-5-42-31-12-21(4)26(16-25(31)20(2)3)34-39-29-9-7-6-8-24(29)35(41)40(34)38-17-23-13-27(36)33(28(37)14-23)43-18-22-10-11-30-32(15-22)45-19-44-30/h6-17,20H,5,18-19H2,1-4H3. The summed E-state index contributed by atoms with van der Waals surface area (Å²) in [4.78, 5) is 18.8. The molecule has 45 heavy (non-hydrogen) atoms. The largest absolute Gasteiger partial charge is 0.494 e. The van der Waals surface area contributed by atoms with Crippen molar-refractivity contribution in [1.82, 2.24) is 9.66 Å². The van der Waals surface area contributed by atoms with Gasteiger partial charge < -0.3 is 18.9 Å². The Bertz CT molecular complexity index is 1980. The van der Waals surface area contributed by atoms with Crippen molar-refractivity contribution in [3.63, 3.8) is 0 Å². The maximum Gasteiger partial charge on any atom is 0.282 e. The van der Waals surface area contributed by atoms with Gasteiger partial charge in [-0.3, -0.25) is 4.79 Å². The number of benzene rings is 4. The second-order valence-electron chi connectivity index (χ2n) is 10.9. The Morgan fingerprint density at radius 2 is 1.76 bits per heavy atom. The summed E-state index contributed by atoms with van der Waals surface area (Å²) in [5.41, 5.74) is 4.84. The van der Waals surface area contributed by atoms with Gasteiger partial charge in [-0.2, -0.15) is 9.78 Å². The molecule has 0 bridgehead atoms. The van der Waals surface area contributed by atoms with E-state index in [1.807, 2.05) is 68.4 Å². The van der Waals surface area contributed by atoms with Crippen molar-refractivity contribution in [2.24, 2.45) is 5.10 Å². The molecule has 1 aliphatic rings. The highest BCUT2D eigenvalue weighted by Gasteiger charge is 2.19. The van der Waals surface area contributed by atoms with Crippen LogP contribution in [0.5, 0.6) is 23.0 Å². The van der Waals surface area contributed by atoms with Crippen molar-refractivity contribution in [2.45, 2.75) is 40.2 Å². The zero-order chi connectivity index (χ0) is 31.7. The summed E-state index contributed by atoms with van der Waals surface area (Å²) in [6.45, 7) is 9.33. The summed E-state index contributed by atoms with van der Waals surface area (Å²) in [6.07, 6.45) is 1.64. The van der Waals surface area contributed by atoms with E-state index in [9.17, 15) is 4.79 Å². The first-order chi connectivity index (χ1) is 21.7. The van der Waals surface area contributed by atoms with Gasteiger partial charge in [0.1, 0.15) is 18.1 Å². The highest BCUT2D eigenvalue weighted by molar-refractivity contribution is 9.11. The Morgan fingerprint density at radius 3 is 2.51 bits per heavy atom. The molecule has 0 atom stereocenters. The highest BCUT2D eigenvalue weighted by atomic mass is 79.9. The van der Waals surface area contributed by atoms with Crippen molar-refractivity contribution >= 4 is 49.0 Å². The molecule has 5 aromatic rings. The highest BCUT2D eigenvalue weighted by Crippen LogP contribution is 2.37. The number of hydrogen-bond donors (Lipinski definition) is 0. The Morgan fingerprint density at radius 1 is 1.00 bits per heavy atom. The SMILES string of the molecule is CCOc1cc(C)c(-c2nc3ccccc3c(=O)n2N=Cc2cc(Br)c(OCc3ccc4c(c3)OCO4)c(Br)c2)cc1C(C)C. The molecule has 0 aliphatic carbocycles. The molecule has 0 N–H and O–H groups in total. The Balaban J connectivity index is 1.36. The average Bonchev–Trinajstić information content (AvgIpc) is 3.48. The fraction of sp³-hybridized carbons (Fsp3) is 0.229. The molecule has 0 spiro atoms. The topological polar surface area (TPSA) is 84.2 Å². The van der Waals surface area contributed by atoms with Crippen LogP contribution in [0.1, 0.15) is 48.9 Å². The third-order valence-electron chi connectivity index (χ3n) is 7.44. The summed E-state index contributed by atoms with van der Waals surface area (Å²) in [5.74, 6) is 3.57. The van der Waals surface area contributed by atoms with Crippen LogP contribution in [0.15, 0.2) is 85.6 Å². The summed E-state index contributed by atoms with van der Waals surface area (Å²) in [7, 11) is 0. The Kier molecular flexibility index (Phi) is 8.96. The van der Waals surface area contributed by atoms with Gasteiger partial charge in [-0.25, -0.2) is 4.98 Å². The number of aryl methyl sites for hydroxylation is 1. The van der Waals surface area contributed by atoms with E-state index in [-0.39, 0.29) is 18.3 Å². The van der Waals surface area contributed by atoms with Crippen LogP contribution < -0.4 is 24.5 Å². The fourth-order valence-corrected chi connectivity index (χ4v) is 6.63. The van der Waals surface area contributed by atoms with Crippen molar-refractivity contribution in [2.75, 3.05) is 13.4 Å². The van der Waals surface area contributed by atoms with E-state index in [0.717, 1.165) is 48.3 Å². The zero-order valence-electron chi connectivity index (χ0n) is 25.3. The first-order valence-corrected chi connectivity index (χ1v) is 16.2. The molecule has 1 aliphatic heterocycles. The molecule has 0 unspecified atom stereocenters. The molecule has 6 rings (SSSR count). The first kappa shape index (κ1) is 30.9. The van der Waals surface area contributed by atoms with Gasteiger partial charge in [-0.05, 0) is 122 Å². The molecule has 1 aromatic heterocycles. The van der Waals surface area contributed by atoms with Crippen molar-refractivity contribution in [1.29, 1.82) is 0 Å². The van der Waals surface area contributed by atoms with Gasteiger partial charge in [-0.1, -0.05) is 32.0 Å². The molecule has 0 saturated carbocycles. The van der Waals surface area contributed by atoms with Gasteiger partial charge in [0.05, 0.1) is 32.7 Å². The normalized spacial score (nSPS) is 12.4. The molecule has 0 saturated heterocycles. The molecular weight excluding hydrogens is 702 g/mol. The molecule has 0 radical (unpaired) electrons. The van der Waals surface area contributed by atoms with Crippen LogP contribution in [-0.2, 0) is 6.61 Å². The summed E-state index contributed by atoms with van der Waals surface area (Å²) in [6, 6.07) is 20.9. The van der Waals surface area contributed by atoms with E-state index in [2.05, 4.69) is 51.8 Å². The number of hydrogen-bond acceptors (Lipinski definition) is 7. The van der Waals surface area contributed by atoms with E-state index in [4.69, 9.17) is 29.0 Å². The number of nitrogens with zero attached hydrogens (tertiary/aromatic N) is 3. The van der Waals surface area contributed by atoms with Gasteiger partial charge in [0, 0.05) is 5.56 Å². The van der Waals surface area contributed by atoms with E-state index < -0.39 is 0 Å². The van der Waals surface area contributed by atoms with E-state index >= 15 is 0 Å². The number of aromatic nitrogens is 2. The second kappa shape index (κ2) is 13.1. The van der Waals surface area contributed by atoms with Crippen LogP contribution in [-0.4, -0.2) is 29.3 Å². The van der Waals surface area contributed by atoms with Crippen molar-refractivity contribution < 1.29 is 18.9 Å². The van der Waals surface area contributed by atoms with Gasteiger partial charge in [-0.15, -0.1) is 0 Å². The average molecular weight is 733 g/mol. The van der Waals surface area contributed by atoms with E-state index in [1.165, 1.54) is 4.68 Å². The Hall–Kier alpha value is -4.15. The maximum absolute atomic E-state index is 13.9. The fourth-order valence-electron chi connectivity index (χ4n) is 5.18.